The maximum Gasteiger partial charge on any atom is 0.271 e. The van der Waals surface area contributed by atoms with Crippen LogP contribution in [0.3, 0.4) is 0 Å². The van der Waals surface area contributed by atoms with Gasteiger partial charge in [-0.25, -0.2) is 8.42 Å². The van der Waals surface area contributed by atoms with Crippen LogP contribution in [0.4, 0.5) is 5.69 Å². The molecule has 1 aliphatic rings. The van der Waals surface area contributed by atoms with Crippen LogP contribution in [0.15, 0.2) is 17.0 Å². The van der Waals surface area contributed by atoms with Gasteiger partial charge in [0, 0.05) is 28.9 Å². The number of hydrogen-bond donors (Lipinski definition) is 1. The summed E-state index contributed by atoms with van der Waals surface area (Å²) in [7, 11) is 0.879. The molecule has 1 fully saturated rings. The third-order valence-electron chi connectivity index (χ3n) is 3.17. The van der Waals surface area contributed by atoms with E-state index >= 15 is 0 Å². The van der Waals surface area contributed by atoms with E-state index in [0.29, 0.717) is 5.92 Å². The van der Waals surface area contributed by atoms with Gasteiger partial charge in [0.15, 0.2) is 0 Å². The molecule has 1 N–H and O–H groups in total. The number of carbonyl (C=O) groups excluding carboxylic acids is 1. The summed E-state index contributed by atoms with van der Waals surface area (Å²) in [6.07, 6.45) is 0.791. The lowest BCUT2D eigenvalue weighted by Gasteiger charge is -2.08. The number of nitrogens with one attached hydrogen (secondary N) is 1. The minimum atomic E-state index is -4.31. The highest BCUT2D eigenvalue weighted by molar-refractivity contribution is 8.13. The number of amides is 1. The van der Waals surface area contributed by atoms with Gasteiger partial charge >= 0.3 is 0 Å². The molecule has 0 saturated heterocycles. The Labute approximate surface area is 129 Å². The fourth-order valence-electron chi connectivity index (χ4n) is 1.80. The average molecular weight is 353 g/mol. The standard InChI is InChI=1S/C11H10Cl2N2O5S/c1-5-2-8(5)14-11(16)7-3-6(15(17)18)4-9(10(7)12)21(13,19)20/h3-5,8H,2H2,1H3,(H,14,16). The van der Waals surface area contributed by atoms with Crippen molar-refractivity contribution in [2.45, 2.75) is 24.3 Å². The molecular weight excluding hydrogens is 343 g/mol. The van der Waals surface area contributed by atoms with E-state index in [1.54, 1.807) is 0 Å². The van der Waals surface area contributed by atoms with Crippen LogP contribution in [0.25, 0.3) is 0 Å². The van der Waals surface area contributed by atoms with Crippen molar-refractivity contribution in [1.82, 2.24) is 5.32 Å². The summed E-state index contributed by atoms with van der Waals surface area (Å²) in [6, 6.07) is 1.61. The molecule has 7 nitrogen and oxygen atoms in total. The van der Waals surface area contributed by atoms with E-state index in [1.165, 1.54) is 0 Å². The first-order valence-electron chi connectivity index (χ1n) is 5.84. The molecule has 2 unspecified atom stereocenters. The van der Waals surface area contributed by atoms with Crippen molar-refractivity contribution in [2.24, 2.45) is 5.92 Å². The van der Waals surface area contributed by atoms with Crippen LogP contribution in [0.2, 0.25) is 5.02 Å². The van der Waals surface area contributed by atoms with Crippen LogP contribution >= 0.6 is 22.3 Å². The molecule has 0 radical (unpaired) electrons. The Balaban J connectivity index is 2.51. The van der Waals surface area contributed by atoms with Gasteiger partial charge in [-0.15, -0.1) is 0 Å². The second-order valence-corrected chi connectivity index (χ2v) is 7.71. The Morgan fingerprint density at radius 2 is 2.05 bits per heavy atom. The van der Waals surface area contributed by atoms with Crippen LogP contribution in [0.5, 0.6) is 0 Å². The van der Waals surface area contributed by atoms with E-state index < -0.39 is 35.5 Å². The van der Waals surface area contributed by atoms with Gasteiger partial charge in [-0.05, 0) is 12.3 Å². The molecule has 2 atom stereocenters. The summed E-state index contributed by atoms with van der Waals surface area (Å²) in [4.78, 5) is 21.4. The lowest BCUT2D eigenvalue weighted by Crippen LogP contribution is -2.27. The third-order valence-corrected chi connectivity index (χ3v) is 5.03. The number of carbonyl (C=O) groups is 1. The molecule has 0 aromatic heterocycles. The molecule has 10 heteroatoms. The maximum absolute atomic E-state index is 12.1. The minimum Gasteiger partial charge on any atom is -0.349 e. The van der Waals surface area contributed by atoms with Crippen LogP contribution in [-0.4, -0.2) is 25.3 Å². The van der Waals surface area contributed by atoms with Gasteiger partial charge in [0.05, 0.1) is 15.5 Å². The molecule has 0 bridgehead atoms. The fraction of sp³-hybridized carbons (Fsp3) is 0.364. The Hall–Kier alpha value is -1.38. The van der Waals surface area contributed by atoms with Gasteiger partial charge in [0.1, 0.15) is 4.90 Å². The predicted octanol–water partition coefficient (Wildman–Crippen LogP) is 2.31. The quantitative estimate of drug-likeness (QED) is 0.508. The number of halogens is 2. The van der Waals surface area contributed by atoms with Gasteiger partial charge in [0.2, 0.25) is 0 Å². The van der Waals surface area contributed by atoms with Crippen molar-refractivity contribution in [2.75, 3.05) is 0 Å². The molecule has 1 aromatic carbocycles. The van der Waals surface area contributed by atoms with Gasteiger partial charge < -0.3 is 5.32 Å². The topological polar surface area (TPSA) is 106 Å². The van der Waals surface area contributed by atoms with Gasteiger partial charge in [0.25, 0.3) is 20.6 Å². The SMILES string of the molecule is CC1CC1NC(=O)c1cc([N+](=O)[O-])cc(S(=O)(=O)Cl)c1Cl. The van der Waals surface area contributed by atoms with Gasteiger partial charge in [-0.1, -0.05) is 18.5 Å². The number of nitro benzene ring substituents is 1. The van der Waals surface area contributed by atoms with Gasteiger partial charge in [-0.3, -0.25) is 14.9 Å². The van der Waals surface area contributed by atoms with E-state index in [-0.39, 0.29) is 11.6 Å². The van der Waals surface area contributed by atoms with Crippen molar-refractivity contribution in [3.63, 3.8) is 0 Å². The van der Waals surface area contributed by atoms with Crippen LogP contribution in [-0.2, 0) is 9.05 Å². The molecule has 1 amide bonds. The summed E-state index contributed by atoms with van der Waals surface area (Å²) in [6.45, 7) is 1.93. The number of hydrogen-bond acceptors (Lipinski definition) is 5. The highest BCUT2D eigenvalue weighted by Gasteiger charge is 2.35. The Morgan fingerprint density at radius 3 is 2.48 bits per heavy atom. The molecule has 0 aliphatic heterocycles. The highest BCUT2D eigenvalue weighted by atomic mass is 35.7. The van der Waals surface area contributed by atoms with Crippen LogP contribution in [0, 0.1) is 16.0 Å². The zero-order valence-corrected chi connectivity index (χ0v) is 13.0. The summed E-state index contributed by atoms with van der Waals surface area (Å²) in [5.74, 6) is -0.359. The minimum absolute atomic E-state index is 0.0381. The second-order valence-electron chi connectivity index (χ2n) is 4.79. The number of non-ortho nitro benzene ring substituents is 1. The third kappa shape index (κ3) is 3.45. The molecule has 2 rings (SSSR count). The maximum atomic E-state index is 12.1. The number of nitro groups is 1. The summed E-state index contributed by atoms with van der Waals surface area (Å²) >= 11 is 5.86. The molecule has 1 aromatic rings. The molecule has 114 valence electrons. The average Bonchev–Trinajstić information content (AvgIpc) is 3.02. The van der Waals surface area contributed by atoms with E-state index in [9.17, 15) is 23.3 Å². The lowest BCUT2D eigenvalue weighted by molar-refractivity contribution is -0.385. The number of benzene rings is 1. The molecule has 0 heterocycles. The van der Waals surface area contributed by atoms with E-state index in [0.717, 1.165) is 18.6 Å². The monoisotopic (exact) mass is 352 g/mol. The zero-order chi connectivity index (χ0) is 15.9. The molecule has 21 heavy (non-hydrogen) atoms. The largest absolute Gasteiger partial charge is 0.349 e. The normalized spacial score (nSPS) is 20.9. The van der Waals surface area contributed by atoms with E-state index in [1.807, 2.05) is 6.92 Å². The first kappa shape index (κ1) is 16.0. The number of nitrogens with zero attached hydrogens (tertiary/aromatic N) is 1. The smallest absolute Gasteiger partial charge is 0.271 e. The fourth-order valence-corrected chi connectivity index (χ4v) is 3.37. The molecule has 1 aliphatic carbocycles. The van der Waals surface area contributed by atoms with Crippen molar-refractivity contribution in [3.8, 4) is 0 Å². The van der Waals surface area contributed by atoms with E-state index in [4.69, 9.17) is 22.3 Å². The molecule has 1 saturated carbocycles. The Bertz CT molecular complexity index is 734. The van der Waals surface area contributed by atoms with Gasteiger partial charge in [-0.2, -0.15) is 0 Å². The van der Waals surface area contributed by atoms with Crippen LogP contribution in [0.1, 0.15) is 23.7 Å². The second kappa shape index (κ2) is 5.43. The van der Waals surface area contributed by atoms with Crippen molar-refractivity contribution in [1.29, 1.82) is 0 Å². The van der Waals surface area contributed by atoms with E-state index in [2.05, 4.69) is 5.32 Å². The molecule has 0 spiro atoms. The summed E-state index contributed by atoms with van der Waals surface area (Å²) in [5.41, 5.74) is -0.864. The first-order valence-corrected chi connectivity index (χ1v) is 8.53. The van der Waals surface area contributed by atoms with Crippen molar-refractivity contribution in [3.05, 3.63) is 32.8 Å². The summed E-state index contributed by atoms with van der Waals surface area (Å²) in [5, 5.41) is 13.0. The summed E-state index contributed by atoms with van der Waals surface area (Å²) < 4.78 is 22.8. The highest BCUT2D eigenvalue weighted by Crippen LogP contribution is 2.34. The van der Waals surface area contributed by atoms with Crippen molar-refractivity contribution >= 4 is 42.9 Å². The Kier molecular flexibility index (Phi) is 4.14. The lowest BCUT2D eigenvalue weighted by atomic mass is 10.2. The number of rotatable bonds is 4. The van der Waals surface area contributed by atoms with Crippen molar-refractivity contribution < 1.29 is 18.1 Å². The van der Waals surface area contributed by atoms with Crippen LogP contribution < -0.4 is 5.32 Å². The first-order chi connectivity index (χ1) is 9.61. The molecular formula is C11H10Cl2N2O5S. The Morgan fingerprint density at radius 1 is 1.48 bits per heavy atom. The zero-order valence-electron chi connectivity index (χ0n) is 10.7. The predicted molar refractivity (Wildman–Crippen MR) is 76.2 cm³/mol.